The van der Waals surface area contributed by atoms with E-state index in [1.165, 1.54) is 11.0 Å². The van der Waals surface area contributed by atoms with Gasteiger partial charge in [-0.3, -0.25) is 9.59 Å². The van der Waals surface area contributed by atoms with Crippen molar-refractivity contribution in [1.82, 2.24) is 14.7 Å². The molecule has 0 unspecified atom stereocenters. The van der Waals surface area contributed by atoms with Crippen LogP contribution in [0.25, 0.3) is 0 Å². The summed E-state index contributed by atoms with van der Waals surface area (Å²) in [6.45, 7) is 2.35. The van der Waals surface area contributed by atoms with Crippen LogP contribution in [0.1, 0.15) is 25.7 Å². The third kappa shape index (κ3) is 4.47. The molecule has 1 N–H and O–H groups in total. The Morgan fingerprint density at radius 1 is 0.917 bits per heavy atom. The Bertz CT molecular complexity index is 1150. The standard InChI is InChI=1S/C26H29F2N5O3/c27-19-8-9-22(21(28)16-19)29-25(36)31-14-10-26(11-15-31)24(35)32(17-23(34)30-12-4-5-13-30)18-33(26)20-6-2-1-3-7-20/h1-3,6-9,16H,4-5,10-15,17-18H2,(H,29,36). The van der Waals surface area contributed by atoms with E-state index in [0.29, 0.717) is 25.6 Å². The van der Waals surface area contributed by atoms with Crippen molar-refractivity contribution in [3.8, 4) is 0 Å². The molecule has 10 heteroatoms. The Kier molecular flexibility index (Phi) is 6.51. The number of hydrogen-bond acceptors (Lipinski definition) is 4. The minimum Gasteiger partial charge on any atom is -0.341 e. The van der Waals surface area contributed by atoms with Crippen molar-refractivity contribution < 1.29 is 23.2 Å². The molecule has 5 rings (SSSR count). The molecular formula is C26H29F2N5O3. The summed E-state index contributed by atoms with van der Waals surface area (Å²) in [5.74, 6) is -1.72. The molecule has 4 amide bonds. The topological polar surface area (TPSA) is 76.2 Å². The highest BCUT2D eigenvalue weighted by Crippen LogP contribution is 2.39. The lowest BCUT2D eigenvalue weighted by Crippen LogP contribution is -2.58. The number of amides is 4. The van der Waals surface area contributed by atoms with Crippen molar-refractivity contribution in [1.29, 1.82) is 0 Å². The number of rotatable bonds is 4. The highest BCUT2D eigenvalue weighted by molar-refractivity contribution is 5.97. The molecule has 0 saturated carbocycles. The minimum absolute atomic E-state index is 0.0379. The molecule has 8 nitrogen and oxygen atoms in total. The number of piperidine rings is 1. The predicted molar refractivity (Wildman–Crippen MR) is 130 cm³/mol. The van der Waals surface area contributed by atoms with Gasteiger partial charge in [0.25, 0.3) is 5.91 Å². The van der Waals surface area contributed by atoms with Gasteiger partial charge in [-0.2, -0.15) is 0 Å². The number of benzene rings is 2. The fourth-order valence-electron chi connectivity index (χ4n) is 5.42. The lowest BCUT2D eigenvalue weighted by molar-refractivity contribution is -0.140. The fourth-order valence-corrected chi connectivity index (χ4v) is 5.42. The molecule has 190 valence electrons. The number of nitrogens with one attached hydrogen (secondary N) is 1. The SMILES string of the molecule is O=C(CN1CN(c2ccccc2)C2(CCN(C(=O)Nc3ccc(F)cc3F)CC2)C1=O)N1CCCC1. The first-order valence-corrected chi connectivity index (χ1v) is 12.3. The third-order valence-corrected chi connectivity index (χ3v) is 7.42. The van der Waals surface area contributed by atoms with Crippen LogP contribution in [-0.4, -0.2) is 77.5 Å². The van der Waals surface area contributed by atoms with Crippen LogP contribution >= 0.6 is 0 Å². The number of carbonyl (C=O) groups is 3. The molecule has 2 aromatic rings. The number of halogens is 2. The quantitative estimate of drug-likeness (QED) is 0.704. The van der Waals surface area contributed by atoms with Crippen molar-refractivity contribution in [3.63, 3.8) is 0 Å². The van der Waals surface area contributed by atoms with Gasteiger partial charge in [0.15, 0.2) is 0 Å². The third-order valence-electron chi connectivity index (χ3n) is 7.42. The summed E-state index contributed by atoms with van der Waals surface area (Å²) in [7, 11) is 0. The average Bonchev–Trinajstić information content (AvgIpc) is 3.51. The van der Waals surface area contributed by atoms with Crippen molar-refractivity contribution in [3.05, 3.63) is 60.2 Å². The Hall–Kier alpha value is -3.69. The highest BCUT2D eigenvalue weighted by atomic mass is 19.1. The summed E-state index contributed by atoms with van der Waals surface area (Å²) in [4.78, 5) is 46.4. The second-order valence-electron chi connectivity index (χ2n) is 9.57. The first kappa shape index (κ1) is 24.0. The summed E-state index contributed by atoms with van der Waals surface area (Å²) < 4.78 is 27.2. The van der Waals surface area contributed by atoms with Gasteiger partial charge >= 0.3 is 6.03 Å². The summed E-state index contributed by atoms with van der Waals surface area (Å²) in [6, 6.07) is 12.1. The van der Waals surface area contributed by atoms with Gasteiger partial charge in [-0.15, -0.1) is 0 Å². The molecule has 36 heavy (non-hydrogen) atoms. The lowest BCUT2D eigenvalue weighted by Gasteiger charge is -2.43. The molecule has 0 aromatic heterocycles. The van der Waals surface area contributed by atoms with Gasteiger partial charge in [0, 0.05) is 37.9 Å². The normalized spacial score (nSPS) is 19.3. The molecule has 1 spiro atoms. The Morgan fingerprint density at radius 2 is 1.61 bits per heavy atom. The van der Waals surface area contributed by atoms with Gasteiger partial charge < -0.3 is 24.9 Å². The molecule has 3 aliphatic heterocycles. The van der Waals surface area contributed by atoms with Crippen molar-refractivity contribution >= 4 is 29.2 Å². The van der Waals surface area contributed by atoms with Crippen LogP contribution in [0.15, 0.2) is 48.5 Å². The summed E-state index contributed by atoms with van der Waals surface area (Å²) in [5, 5.41) is 2.49. The van der Waals surface area contributed by atoms with Crippen LogP contribution in [0.2, 0.25) is 0 Å². The van der Waals surface area contributed by atoms with Gasteiger partial charge in [-0.1, -0.05) is 18.2 Å². The van der Waals surface area contributed by atoms with E-state index in [9.17, 15) is 23.2 Å². The van der Waals surface area contributed by atoms with E-state index >= 15 is 0 Å². The van der Waals surface area contributed by atoms with Crippen molar-refractivity contribution in [2.45, 2.75) is 31.2 Å². The Labute approximate surface area is 208 Å². The largest absolute Gasteiger partial charge is 0.341 e. The molecule has 3 saturated heterocycles. The van der Waals surface area contributed by atoms with E-state index in [1.807, 2.05) is 40.1 Å². The first-order valence-electron chi connectivity index (χ1n) is 12.3. The molecule has 3 aliphatic rings. The molecule has 3 fully saturated rings. The summed E-state index contributed by atoms with van der Waals surface area (Å²) in [5.41, 5.74) is -0.0886. The van der Waals surface area contributed by atoms with Crippen LogP contribution < -0.4 is 10.2 Å². The van der Waals surface area contributed by atoms with Gasteiger partial charge in [0.05, 0.1) is 12.4 Å². The molecule has 0 bridgehead atoms. The molecule has 0 aliphatic carbocycles. The number of urea groups is 1. The van der Waals surface area contributed by atoms with Crippen LogP contribution in [0.5, 0.6) is 0 Å². The van der Waals surface area contributed by atoms with Crippen LogP contribution in [-0.2, 0) is 9.59 Å². The van der Waals surface area contributed by atoms with Gasteiger partial charge in [-0.25, -0.2) is 13.6 Å². The zero-order chi connectivity index (χ0) is 25.3. The Morgan fingerprint density at radius 3 is 2.28 bits per heavy atom. The molecular weight excluding hydrogens is 468 g/mol. The van der Waals surface area contributed by atoms with Crippen molar-refractivity contribution in [2.24, 2.45) is 0 Å². The van der Waals surface area contributed by atoms with Gasteiger partial charge in [0.2, 0.25) is 5.91 Å². The number of para-hydroxylation sites is 1. The van der Waals surface area contributed by atoms with Crippen LogP contribution in [0, 0.1) is 11.6 Å². The van der Waals surface area contributed by atoms with Gasteiger partial charge in [-0.05, 0) is 49.9 Å². The maximum absolute atomic E-state index is 14.0. The maximum atomic E-state index is 14.0. The number of nitrogens with zero attached hydrogens (tertiary/aromatic N) is 4. The fraction of sp³-hybridized carbons (Fsp3) is 0.423. The molecule has 0 radical (unpaired) electrons. The van der Waals surface area contributed by atoms with E-state index in [-0.39, 0.29) is 37.1 Å². The predicted octanol–water partition coefficient (Wildman–Crippen LogP) is 3.26. The van der Waals surface area contributed by atoms with Crippen LogP contribution in [0.3, 0.4) is 0 Å². The highest BCUT2D eigenvalue weighted by Gasteiger charge is 2.54. The zero-order valence-electron chi connectivity index (χ0n) is 20.0. The number of carbonyl (C=O) groups excluding carboxylic acids is 3. The van der Waals surface area contributed by atoms with E-state index in [1.54, 1.807) is 4.90 Å². The number of hydrogen-bond donors (Lipinski definition) is 1. The second-order valence-corrected chi connectivity index (χ2v) is 9.57. The maximum Gasteiger partial charge on any atom is 0.321 e. The van der Waals surface area contributed by atoms with E-state index < -0.39 is 23.2 Å². The van der Waals surface area contributed by atoms with Crippen LogP contribution in [0.4, 0.5) is 25.0 Å². The first-order chi connectivity index (χ1) is 17.4. The van der Waals surface area contributed by atoms with E-state index in [4.69, 9.17) is 0 Å². The van der Waals surface area contributed by atoms with Crippen molar-refractivity contribution in [2.75, 3.05) is 49.6 Å². The monoisotopic (exact) mass is 497 g/mol. The van der Waals surface area contributed by atoms with Gasteiger partial charge in [0.1, 0.15) is 23.7 Å². The van der Waals surface area contributed by atoms with E-state index in [0.717, 1.165) is 37.7 Å². The zero-order valence-corrected chi connectivity index (χ0v) is 20.0. The van der Waals surface area contributed by atoms with E-state index in [2.05, 4.69) is 5.32 Å². The Balaban J connectivity index is 1.31. The summed E-state index contributed by atoms with van der Waals surface area (Å²) in [6.07, 6.45) is 2.71. The number of anilines is 2. The second kappa shape index (κ2) is 9.75. The lowest BCUT2D eigenvalue weighted by atomic mass is 9.85. The summed E-state index contributed by atoms with van der Waals surface area (Å²) >= 11 is 0. The smallest absolute Gasteiger partial charge is 0.321 e. The molecule has 3 heterocycles. The molecule has 0 atom stereocenters. The molecule has 2 aromatic carbocycles. The minimum atomic E-state index is -0.870. The number of likely N-dealkylation sites (tertiary alicyclic amines) is 2. The average molecular weight is 498 g/mol.